The average molecular weight is 471 g/mol. The van der Waals surface area contributed by atoms with Crippen LogP contribution in [0.5, 0.6) is 0 Å². The molecule has 0 radical (unpaired) electrons. The Kier molecular flexibility index (Phi) is 6.23. The van der Waals surface area contributed by atoms with Crippen LogP contribution in [0, 0.1) is 5.92 Å². The van der Waals surface area contributed by atoms with Crippen LogP contribution in [0.1, 0.15) is 40.2 Å². The van der Waals surface area contributed by atoms with Gasteiger partial charge in [-0.15, -0.1) is 0 Å². The lowest BCUT2D eigenvalue weighted by Gasteiger charge is -2.31. The summed E-state index contributed by atoms with van der Waals surface area (Å²) < 4.78 is 5.62. The minimum atomic E-state index is -0.896. The maximum Gasteiger partial charge on any atom is 0.411 e. The van der Waals surface area contributed by atoms with Gasteiger partial charge < -0.3 is 14.7 Å². The fourth-order valence-corrected chi connectivity index (χ4v) is 5.06. The topological polar surface area (TPSA) is 95.9 Å². The molecule has 0 bridgehead atoms. The summed E-state index contributed by atoms with van der Waals surface area (Å²) in [6.45, 7) is 0.817. The minimum Gasteiger partial charge on any atom is -0.481 e. The Bertz CT molecular complexity index is 1240. The summed E-state index contributed by atoms with van der Waals surface area (Å²) in [6.07, 6.45) is 0.540. The van der Waals surface area contributed by atoms with Gasteiger partial charge in [0.25, 0.3) is 5.91 Å². The molecule has 2 N–H and O–H groups in total. The standard InChI is InChI=1S/C28H26N2O5/c31-26(30-15-7-8-18(16-30)27(32)33)23-13-5-6-14-25(23)29-28(34)35-17-24-21-11-3-1-9-19(21)20-10-2-4-12-22(20)24/h1-6,9-14,18,24H,7-8,15-17H2,(H,29,34)(H,32,33)/t18-/m1/s1. The van der Waals surface area contributed by atoms with E-state index in [2.05, 4.69) is 29.6 Å². The van der Waals surface area contributed by atoms with Crippen molar-refractivity contribution in [1.29, 1.82) is 0 Å². The first-order valence-electron chi connectivity index (χ1n) is 11.8. The van der Waals surface area contributed by atoms with Gasteiger partial charge in [0.1, 0.15) is 6.61 Å². The highest BCUT2D eigenvalue weighted by Crippen LogP contribution is 2.44. The molecule has 1 heterocycles. The maximum absolute atomic E-state index is 13.2. The molecule has 1 atom stereocenters. The Labute approximate surface area is 203 Å². The van der Waals surface area contributed by atoms with E-state index in [1.54, 1.807) is 29.2 Å². The van der Waals surface area contributed by atoms with Gasteiger partial charge in [-0.1, -0.05) is 60.7 Å². The van der Waals surface area contributed by atoms with Crippen molar-refractivity contribution in [2.45, 2.75) is 18.8 Å². The van der Waals surface area contributed by atoms with E-state index in [-0.39, 0.29) is 25.0 Å². The second-order valence-electron chi connectivity index (χ2n) is 8.92. The zero-order chi connectivity index (χ0) is 24.4. The SMILES string of the molecule is O=C(Nc1ccccc1C(=O)N1CCC[C@@H](C(=O)O)C1)OCC1c2ccccc2-c2ccccc21. The number of carbonyl (C=O) groups is 3. The van der Waals surface area contributed by atoms with Crippen LogP contribution >= 0.6 is 0 Å². The number of rotatable bonds is 5. The summed E-state index contributed by atoms with van der Waals surface area (Å²) in [6, 6.07) is 22.9. The largest absolute Gasteiger partial charge is 0.481 e. The van der Waals surface area contributed by atoms with Crippen molar-refractivity contribution in [2.24, 2.45) is 5.92 Å². The van der Waals surface area contributed by atoms with Crippen LogP contribution in [0.15, 0.2) is 72.8 Å². The van der Waals surface area contributed by atoms with Crippen molar-refractivity contribution in [3.8, 4) is 11.1 Å². The van der Waals surface area contributed by atoms with Crippen LogP contribution in [0.4, 0.5) is 10.5 Å². The third-order valence-corrected chi connectivity index (χ3v) is 6.80. The van der Waals surface area contributed by atoms with Crippen molar-refractivity contribution in [3.05, 3.63) is 89.5 Å². The number of ether oxygens (including phenoxy) is 1. The van der Waals surface area contributed by atoms with E-state index in [0.717, 1.165) is 22.3 Å². The highest BCUT2D eigenvalue weighted by Gasteiger charge is 2.31. The summed E-state index contributed by atoms with van der Waals surface area (Å²) in [4.78, 5) is 38.8. The Balaban J connectivity index is 1.28. The molecule has 2 amide bonds. The molecule has 178 valence electrons. The average Bonchev–Trinajstić information content (AvgIpc) is 3.21. The first-order valence-corrected chi connectivity index (χ1v) is 11.8. The van der Waals surface area contributed by atoms with Crippen LogP contribution in [0.25, 0.3) is 11.1 Å². The Morgan fingerprint density at radius 3 is 2.23 bits per heavy atom. The van der Waals surface area contributed by atoms with E-state index < -0.39 is 18.0 Å². The molecular formula is C28H26N2O5. The number of carboxylic acid groups (broad SMARTS) is 1. The number of para-hydroxylation sites is 1. The third-order valence-electron chi connectivity index (χ3n) is 6.80. The second-order valence-corrected chi connectivity index (χ2v) is 8.92. The molecule has 7 heteroatoms. The number of nitrogens with one attached hydrogen (secondary N) is 1. The van der Waals surface area contributed by atoms with Gasteiger partial charge in [-0.2, -0.15) is 0 Å². The van der Waals surface area contributed by atoms with Crippen molar-refractivity contribution in [2.75, 3.05) is 25.0 Å². The van der Waals surface area contributed by atoms with Gasteiger partial charge in [0, 0.05) is 19.0 Å². The van der Waals surface area contributed by atoms with Gasteiger partial charge in [0.05, 0.1) is 17.2 Å². The summed E-state index contributed by atoms with van der Waals surface area (Å²) in [5.74, 6) is -1.83. The molecule has 3 aromatic rings. The van der Waals surface area contributed by atoms with Gasteiger partial charge in [0.2, 0.25) is 0 Å². The quantitative estimate of drug-likeness (QED) is 0.548. The highest BCUT2D eigenvalue weighted by molar-refractivity contribution is 6.02. The number of likely N-dealkylation sites (tertiary alicyclic amines) is 1. The number of carboxylic acids is 1. The van der Waals surface area contributed by atoms with E-state index in [1.165, 1.54) is 0 Å². The zero-order valence-electron chi connectivity index (χ0n) is 19.1. The molecule has 1 saturated heterocycles. The Morgan fingerprint density at radius 1 is 0.914 bits per heavy atom. The maximum atomic E-state index is 13.2. The number of amides is 2. The lowest BCUT2D eigenvalue weighted by molar-refractivity contribution is -0.143. The summed E-state index contributed by atoms with van der Waals surface area (Å²) in [5, 5.41) is 12.1. The van der Waals surface area contributed by atoms with Crippen LogP contribution in [0.2, 0.25) is 0 Å². The predicted molar refractivity (Wildman–Crippen MR) is 131 cm³/mol. The lowest BCUT2D eigenvalue weighted by Crippen LogP contribution is -2.42. The number of anilines is 1. The van der Waals surface area contributed by atoms with E-state index >= 15 is 0 Å². The molecular weight excluding hydrogens is 444 g/mol. The number of hydrogen-bond donors (Lipinski definition) is 2. The van der Waals surface area contributed by atoms with Crippen LogP contribution in [0.3, 0.4) is 0 Å². The molecule has 0 saturated carbocycles. The minimum absolute atomic E-state index is 0.0636. The van der Waals surface area contributed by atoms with Gasteiger partial charge in [0.15, 0.2) is 0 Å². The van der Waals surface area contributed by atoms with Gasteiger partial charge >= 0.3 is 12.1 Å². The van der Waals surface area contributed by atoms with Gasteiger partial charge in [-0.25, -0.2) is 4.79 Å². The second kappa shape index (κ2) is 9.62. The normalized spacial score (nSPS) is 16.8. The Hall–Kier alpha value is -4.13. The number of benzene rings is 3. The van der Waals surface area contributed by atoms with Crippen molar-refractivity contribution < 1.29 is 24.2 Å². The number of hydrogen-bond acceptors (Lipinski definition) is 4. The molecule has 35 heavy (non-hydrogen) atoms. The molecule has 1 fully saturated rings. The van der Waals surface area contributed by atoms with Crippen LogP contribution < -0.4 is 5.32 Å². The van der Waals surface area contributed by atoms with E-state index in [9.17, 15) is 19.5 Å². The molecule has 1 aliphatic carbocycles. The number of piperidine rings is 1. The van der Waals surface area contributed by atoms with Crippen molar-refractivity contribution in [3.63, 3.8) is 0 Å². The zero-order valence-corrected chi connectivity index (χ0v) is 19.1. The predicted octanol–water partition coefficient (Wildman–Crippen LogP) is 4.98. The fraction of sp³-hybridized carbons (Fsp3) is 0.250. The molecule has 1 aliphatic heterocycles. The van der Waals surface area contributed by atoms with Crippen molar-refractivity contribution in [1.82, 2.24) is 4.90 Å². The first-order chi connectivity index (χ1) is 17.0. The van der Waals surface area contributed by atoms with Gasteiger partial charge in [-0.05, 0) is 47.2 Å². The molecule has 0 aromatic heterocycles. The molecule has 2 aliphatic rings. The van der Waals surface area contributed by atoms with E-state index in [0.29, 0.717) is 30.6 Å². The third kappa shape index (κ3) is 4.49. The molecule has 3 aromatic carbocycles. The van der Waals surface area contributed by atoms with Crippen LogP contribution in [-0.4, -0.2) is 47.7 Å². The van der Waals surface area contributed by atoms with Gasteiger partial charge in [-0.3, -0.25) is 14.9 Å². The first kappa shape index (κ1) is 22.7. The Morgan fingerprint density at radius 2 is 1.54 bits per heavy atom. The molecule has 7 nitrogen and oxygen atoms in total. The molecule has 0 spiro atoms. The summed E-state index contributed by atoms with van der Waals surface area (Å²) in [5.41, 5.74) is 5.19. The molecule has 0 unspecified atom stereocenters. The number of aliphatic carboxylic acids is 1. The summed E-state index contributed by atoms with van der Waals surface area (Å²) >= 11 is 0. The van der Waals surface area contributed by atoms with Crippen LogP contribution in [-0.2, 0) is 9.53 Å². The number of carbonyl (C=O) groups excluding carboxylic acids is 2. The lowest BCUT2D eigenvalue weighted by atomic mass is 9.97. The number of nitrogens with zero attached hydrogens (tertiary/aromatic N) is 1. The molecule has 5 rings (SSSR count). The van der Waals surface area contributed by atoms with Crippen molar-refractivity contribution >= 4 is 23.7 Å². The van der Waals surface area contributed by atoms with E-state index in [1.807, 2.05) is 24.3 Å². The number of fused-ring (bicyclic) bond motifs is 3. The highest BCUT2D eigenvalue weighted by atomic mass is 16.5. The summed E-state index contributed by atoms with van der Waals surface area (Å²) in [7, 11) is 0. The monoisotopic (exact) mass is 470 g/mol. The van der Waals surface area contributed by atoms with E-state index in [4.69, 9.17) is 4.74 Å². The fourth-order valence-electron chi connectivity index (χ4n) is 5.06. The smallest absolute Gasteiger partial charge is 0.411 e.